The van der Waals surface area contributed by atoms with Crippen LogP contribution in [0.1, 0.15) is 25.5 Å². The maximum absolute atomic E-state index is 9.31. The molecule has 0 aliphatic carbocycles. The van der Waals surface area contributed by atoms with Gasteiger partial charge < -0.3 is 10.4 Å². The van der Waals surface area contributed by atoms with E-state index in [2.05, 4.69) is 19.2 Å². The molecule has 0 aromatic heterocycles. The van der Waals surface area contributed by atoms with Crippen LogP contribution in [0.2, 0.25) is 10.0 Å². The minimum atomic E-state index is -0.0860. The first-order chi connectivity index (χ1) is 7.54. The number of aliphatic hydroxyl groups excluding tert-OH is 1. The lowest BCUT2D eigenvalue weighted by Crippen LogP contribution is -2.27. The predicted octanol–water partition coefficient (Wildman–Crippen LogP) is 3.27. The molecule has 0 aliphatic rings. The molecule has 0 radical (unpaired) electrons. The standard InChI is InChI=1S/C12H17Cl2NO/c1-8(2)6-15-12(7-16)9-3-4-10(13)11(14)5-9/h3-5,8,12,15-16H,6-7H2,1-2H3. The van der Waals surface area contributed by atoms with Gasteiger partial charge in [0.05, 0.1) is 22.7 Å². The first-order valence-electron chi connectivity index (χ1n) is 5.33. The number of hydrogen-bond donors (Lipinski definition) is 2. The van der Waals surface area contributed by atoms with Crippen LogP contribution < -0.4 is 5.32 Å². The highest BCUT2D eigenvalue weighted by Gasteiger charge is 2.11. The number of rotatable bonds is 5. The third-order valence-corrected chi connectivity index (χ3v) is 3.04. The molecule has 0 saturated heterocycles. The summed E-state index contributed by atoms with van der Waals surface area (Å²) in [6.45, 7) is 5.14. The van der Waals surface area contributed by atoms with E-state index in [1.165, 1.54) is 0 Å². The van der Waals surface area contributed by atoms with Gasteiger partial charge in [0.2, 0.25) is 0 Å². The lowest BCUT2D eigenvalue weighted by atomic mass is 10.1. The summed E-state index contributed by atoms with van der Waals surface area (Å²) >= 11 is 11.8. The van der Waals surface area contributed by atoms with E-state index in [4.69, 9.17) is 23.2 Å². The van der Waals surface area contributed by atoms with E-state index >= 15 is 0 Å². The Morgan fingerprint density at radius 3 is 2.44 bits per heavy atom. The fourth-order valence-electron chi connectivity index (χ4n) is 1.39. The maximum atomic E-state index is 9.31. The molecule has 0 saturated carbocycles. The van der Waals surface area contributed by atoms with Gasteiger partial charge in [0, 0.05) is 0 Å². The van der Waals surface area contributed by atoms with Gasteiger partial charge in [-0.25, -0.2) is 0 Å². The Morgan fingerprint density at radius 1 is 1.25 bits per heavy atom. The molecule has 1 aromatic carbocycles. The predicted molar refractivity (Wildman–Crippen MR) is 69.1 cm³/mol. The first kappa shape index (κ1) is 13.8. The lowest BCUT2D eigenvalue weighted by molar-refractivity contribution is 0.241. The van der Waals surface area contributed by atoms with Gasteiger partial charge in [-0.05, 0) is 30.2 Å². The van der Waals surface area contributed by atoms with Crippen LogP contribution in [0, 0.1) is 5.92 Å². The number of nitrogens with one attached hydrogen (secondary N) is 1. The zero-order chi connectivity index (χ0) is 12.1. The van der Waals surface area contributed by atoms with Gasteiger partial charge in [0.15, 0.2) is 0 Å². The third kappa shape index (κ3) is 3.95. The summed E-state index contributed by atoms with van der Waals surface area (Å²) in [5.41, 5.74) is 0.956. The largest absolute Gasteiger partial charge is 0.394 e. The summed E-state index contributed by atoms with van der Waals surface area (Å²) in [6.07, 6.45) is 0. The molecular formula is C12H17Cl2NO. The molecule has 1 unspecified atom stereocenters. The Balaban J connectivity index is 2.74. The van der Waals surface area contributed by atoms with Crippen LogP contribution in [0.25, 0.3) is 0 Å². The van der Waals surface area contributed by atoms with E-state index in [1.807, 2.05) is 6.07 Å². The molecule has 2 nitrogen and oxygen atoms in total. The molecule has 0 aliphatic heterocycles. The molecule has 0 heterocycles. The summed E-state index contributed by atoms with van der Waals surface area (Å²) in [4.78, 5) is 0. The summed E-state index contributed by atoms with van der Waals surface area (Å²) in [6, 6.07) is 5.33. The van der Waals surface area contributed by atoms with Crippen molar-refractivity contribution in [2.45, 2.75) is 19.9 Å². The van der Waals surface area contributed by atoms with Crippen LogP contribution in [0.15, 0.2) is 18.2 Å². The highest BCUT2D eigenvalue weighted by molar-refractivity contribution is 6.42. The van der Waals surface area contributed by atoms with Gasteiger partial charge in [0.1, 0.15) is 0 Å². The van der Waals surface area contributed by atoms with E-state index in [0.717, 1.165) is 12.1 Å². The summed E-state index contributed by atoms with van der Waals surface area (Å²) in [5.74, 6) is 0.539. The molecule has 0 fully saturated rings. The monoisotopic (exact) mass is 261 g/mol. The van der Waals surface area contributed by atoms with Gasteiger partial charge in [0.25, 0.3) is 0 Å². The SMILES string of the molecule is CC(C)CNC(CO)c1ccc(Cl)c(Cl)c1. The summed E-state index contributed by atoms with van der Waals surface area (Å²) in [5, 5.41) is 13.6. The van der Waals surface area contributed by atoms with E-state index in [-0.39, 0.29) is 12.6 Å². The van der Waals surface area contributed by atoms with Gasteiger partial charge >= 0.3 is 0 Å². The molecule has 1 aromatic rings. The summed E-state index contributed by atoms with van der Waals surface area (Å²) < 4.78 is 0. The van der Waals surface area contributed by atoms with Crippen LogP contribution in [0.3, 0.4) is 0 Å². The zero-order valence-corrected chi connectivity index (χ0v) is 11.0. The average molecular weight is 262 g/mol. The quantitative estimate of drug-likeness (QED) is 0.853. The number of aliphatic hydroxyl groups is 1. The van der Waals surface area contributed by atoms with Crippen molar-refractivity contribution in [3.8, 4) is 0 Å². The summed E-state index contributed by atoms with van der Waals surface area (Å²) in [7, 11) is 0. The smallest absolute Gasteiger partial charge is 0.0626 e. The van der Waals surface area contributed by atoms with Crippen molar-refractivity contribution >= 4 is 23.2 Å². The van der Waals surface area contributed by atoms with E-state index in [1.54, 1.807) is 12.1 Å². The molecule has 0 amide bonds. The molecule has 2 N–H and O–H groups in total. The minimum absolute atomic E-state index is 0.0463. The zero-order valence-electron chi connectivity index (χ0n) is 9.50. The molecular weight excluding hydrogens is 245 g/mol. The van der Waals surface area contributed by atoms with Gasteiger partial charge in [-0.3, -0.25) is 0 Å². The maximum Gasteiger partial charge on any atom is 0.0626 e. The van der Waals surface area contributed by atoms with Gasteiger partial charge in [-0.1, -0.05) is 43.1 Å². The van der Waals surface area contributed by atoms with Crippen molar-refractivity contribution in [3.05, 3.63) is 33.8 Å². The second kappa shape index (κ2) is 6.45. The molecule has 90 valence electrons. The fraction of sp³-hybridized carbons (Fsp3) is 0.500. The van der Waals surface area contributed by atoms with Gasteiger partial charge in [-0.2, -0.15) is 0 Å². The Bertz CT molecular complexity index is 342. The molecule has 0 spiro atoms. The number of benzene rings is 1. The van der Waals surface area contributed by atoms with Crippen LogP contribution >= 0.6 is 23.2 Å². The Morgan fingerprint density at radius 2 is 1.94 bits per heavy atom. The molecule has 1 rings (SSSR count). The normalized spacial score (nSPS) is 13.1. The third-order valence-electron chi connectivity index (χ3n) is 2.30. The van der Waals surface area contributed by atoms with Crippen molar-refractivity contribution in [1.29, 1.82) is 0 Å². The van der Waals surface area contributed by atoms with Crippen molar-refractivity contribution in [3.63, 3.8) is 0 Å². The average Bonchev–Trinajstić information content (AvgIpc) is 2.23. The Kier molecular flexibility index (Phi) is 5.56. The molecule has 0 bridgehead atoms. The minimum Gasteiger partial charge on any atom is -0.394 e. The number of halogens is 2. The Labute approximate surface area is 107 Å². The van der Waals surface area contributed by atoms with Crippen molar-refractivity contribution in [2.24, 2.45) is 5.92 Å². The van der Waals surface area contributed by atoms with E-state index < -0.39 is 0 Å². The number of hydrogen-bond acceptors (Lipinski definition) is 2. The highest BCUT2D eigenvalue weighted by Crippen LogP contribution is 2.25. The van der Waals surface area contributed by atoms with E-state index in [0.29, 0.717) is 16.0 Å². The van der Waals surface area contributed by atoms with Crippen molar-refractivity contribution in [1.82, 2.24) is 5.32 Å². The Hall–Kier alpha value is -0.280. The van der Waals surface area contributed by atoms with Crippen molar-refractivity contribution in [2.75, 3.05) is 13.2 Å². The first-order valence-corrected chi connectivity index (χ1v) is 6.09. The second-order valence-electron chi connectivity index (χ2n) is 4.21. The fourth-order valence-corrected chi connectivity index (χ4v) is 1.70. The van der Waals surface area contributed by atoms with Gasteiger partial charge in [-0.15, -0.1) is 0 Å². The van der Waals surface area contributed by atoms with Crippen molar-refractivity contribution < 1.29 is 5.11 Å². The highest BCUT2D eigenvalue weighted by atomic mass is 35.5. The molecule has 16 heavy (non-hydrogen) atoms. The van der Waals surface area contributed by atoms with Crippen LogP contribution in [-0.4, -0.2) is 18.3 Å². The van der Waals surface area contributed by atoms with Crippen LogP contribution in [0.4, 0.5) is 0 Å². The topological polar surface area (TPSA) is 32.3 Å². The van der Waals surface area contributed by atoms with Crippen LogP contribution in [0.5, 0.6) is 0 Å². The van der Waals surface area contributed by atoms with E-state index in [9.17, 15) is 5.11 Å². The molecule has 1 atom stereocenters. The molecule has 4 heteroatoms. The van der Waals surface area contributed by atoms with Crippen LogP contribution in [-0.2, 0) is 0 Å². The lowest BCUT2D eigenvalue weighted by Gasteiger charge is -2.18. The second-order valence-corrected chi connectivity index (χ2v) is 5.03.